The zero-order chi connectivity index (χ0) is 15.5. The van der Waals surface area contributed by atoms with Gasteiger partial charge in [0.1, 0.15) is 16.7 Å². The number of halogens is 1. The molecule has 0 aliphatic heterocycles. The van der Waals surface area contributed by atoms with Crippen molar-refractivity contribution in [1.82, 2.24) is 0 Å². The summed E-state index contributed by atoms with van der Waals surface area (Å²) in [5.41, 5.74) is 8.37. The van der Waals surface area contributed by atoms with Crippen LogP contribution in [0.3, 0.4) is 0 Å². The Morgan fingerprint density at radius 1 is 1.18 bits per heavy atom. The van der Waals surface area contributed by atoms with Crippen LogP contribution in [0, 0.1) is 0 Å². The van der Waals surface area contributed by atoms with E-state index in [9.17, 15) is 4.79 Å². The maximum atomic E-state index is 12.6. The molecule has 3 nitrogen and oxygen atoms in total. The molecule has 22 heavy (non-hydrogen) atoms. The molecule has 3 rings (SSSR count). The van der Waals surface area contributed by atoms with Crippen LogP contribution in [0.1, 0.15) is 42.5 Å². The Bertz CT molecular complexity index is 660. The third-order valence-electron chi connectivity index (χ3n) is 4.00. The summed E-state index contributed by atoms with van der Waals surface area (Å²) < 4.78 is 6.69. The van der Waals surface area contributed by atoms with Gasteiger partial charge in [-0.15, -0.1) is 11.3 Å². The van der Waals surface area contributed by atoms with E-state index in [1.165, 1.54) is 17.8 Å². The number of nitrogen functional groups attached to an aromatic ring is 1. The average molecular weight is 380 g/mol. The number of hydrogen-bond acceptors (Lipinski definition) is 4. The Kier molecular flexibility index (Phi) is 4.84. The van der Waals surface area contributed by atoms with Crippen molar-refractivity contribution in [3.8, 4) is 11.1 Å². The quantitative estimate of drug-likeness (QED) is 0.740. The molecule has 0 atom stereocenters. The van der Waals surface area contributed by atoms with Gasteiger partial charge in [-0.1, -0.05) is 34.5 Å². The third-order valence-corrected chi connectivity index (χ3v) is 5.35. The van der Waals surface area contributed by atoms with Gasteiger partial charge in [-0.05, 0) is 43.4 Å². The topological polar surface area (TPSA) is 52.3 Å². The fourth-order valence-electron chi connectivity index (χ4n) is 2.82. The Morgan fingerprint density at radius 3 is 2.55 bits per heavy atom. The molecule has 116 valence electrons. The predicted molar refractivity (Wildman–Crippen MR) is 94.2 cm³/mol. The second-order valence-electron chi connectivity index (χ2n) is 5.56. The largest absolute Gasteiger partial charge is 0.459 e. The van der Waals surface area contributed by atoms with E-state index in [4.69, 9.17) is 10.5 Å². The van der Waals surface area contributed by atoms with Crippen molar-refractivity contribution in [3.05, 3.63) is 39.7 Å². The number of anilines is 1. The molecule has 1 aliphatic carbocycles. The summed E-state index contributed by atoms with van der Waals surface area (Å²) in [4.78, 5) is 12.6. The Morgan fingerprint density at radius 2 is 1.86 bits per heavy atom. The van der Waals surface area contributed by atoms with Crippen LogP contribution in [0.25, 0.3) is 11.1 Å². The number of rotatable bonds is 3. The van der Waals surface area contributed by atoms with Crippen molar-refractivity contribution >= 4 is 38.2 Å². The van der Waals surface area contributed by atoms with Crippen LogP contribution in [0.2, 0.25) is 0 Å². The van der Waals surface area contributed by atoms with Crippen molar-refractivity contribution in [2.75, 3.05) is 5.73 Å². The second kappa shape index (κ2) is 6.84. The maximum Gasteiger partial charge on any atom is 0.342 e. The monoisotopic (exact) mass is 379 g/mol. The number of thiophene rings is 1. The van der Waals surface area contributed by atoms with Crippen LogP contribution < -0.4 is 5.73 Å². The highest BCUT2D eigenvalue weighted by atomic mass is 79.9. The molecule has 1 fully saturated rings. The van der Waals surface area contributed by atoms with E-state index in [1.807, 2.05) is 29.6 Å². The van der Waals surface area contributed by atoms with Crippen LogP contribution in [0.15, 0.2) is 34.1 Å². The first-order valence-corrected chi connectivity index (χ1v) is 9.16. The van der Waals surface area contributed by atoms with E-state index < -0.39 is 0 Å². The molecule has 0 saturated heterocycles. The van der Waals surface area contributed by atoms with Gasteiger partial charge in [0.05, 0.1) is 0 Å². The molecule has 1 saturated carbocycles. The van der Waals surface area contributed by atoms with Crippen LogP contribution in [-0.4, -0.2) is 12.1 Å². The first-order valence-electron chi connectivity index (χ1n) is 7.49. The standard InChI is InChI=1S/C17H18BrNO2S/c18-12-8-6-11(7-9-12)14-10-22-16(19)15(14)17(20)21-13-4-2-1-3-5-13/h6-10,13H,1-5,19H2. The minimum Gasteiger partial charge on any atom is -0.459 e. The fourth-order valence-corrected chi connectivity index (χ4v) is 3.89. The number of hydrogen-bond donors (Lipinski definition) is 1. The molecule has 0 bridgehead atoms. The lowest BCUT2D eigenvalue weighted by Crippen LogP contribution is -2.21. The van der Waals surface area contributed by atoms with Crippen molar-refractivity contribution in [3.63, 3.8) is 0 Å². The minimum atomic E-state index is -0.288. The molecule has 2 N–H and O–H groups in total. The smallest absolute Gasteiger partial charge is 0.342 e. The average Bonchev–Trinajstić information content (AvgIpc) is 2.91. The molecule has 0 unspecified atom stereocenters. The number of carbonyl (C=O) groups excluding carboxylic acids is 1. The lowest BCUT2D eigenvalue weighted by molar-refractivity contribution is 0.0214. The van der Waals surface area contributed by atoms with Gasteiger partial charge in [-0.2, -0.15) is 0 Å². The molecule has 2 aromatic rings. The molecule has 1 aromatic heterocycles. The van der Waals surface area contributed by atoms with E-state index in [0.717, 1.165) is 41.3 Å². The lowest BCUT2D eigenvalue weighted by Gasteiger charge is -2.22. The van der Waals surface area contributed by atoms with Gasteiger partial charge in [-0.3, -0.25) is 0 Å². The van der Waals surface area contributed by atoms with Crippen molar-refractivity contribution in [2.45, 2.75) is 38.2 Å². The van der Waals surface area contributed by atoms with E-state index in [2.05, 4.69) is 15.9 Å². The van der Waals surface area contributed by atoms with Crippen molar-refractivity contribution < 1.29 is 9.53 Å². The third kappa shape index (κ3) is 3.36. The minimum absolute atomic E-state index is 0.0401. The van der Waals surface area contributed by atoms with Crippen LogP contribution >= 0.6 is 27.3 Å². The summed E-state index contributed by atoms with van der Waals surface area (Å²) in [6.45, 7) is 0. The van der Waals surface area contributed by atoms with E-state index in [1.54, 1.807) is 0 Å². The van der Waals surface area contributed by atoms with Crippen LogP contribution in [0.4, 0.5) is 5.00 Å². The number of esters is 1. The molecule has 5 heteroatoms. The Hall–Kier alpha value is -1.33. The normalized spacial score (nSPS) is 15.7. The zero-order valence-electron chi connectivity index (χ0n) is 12.2. The van der Waals surface area contributed by atoms with Gasteiger partial charge in [0.15, 0.2) is 0 Å². The lowest BCUT2D eigenvalue weighted by atomic mass is 9.97. The summed E-state index contributed by atoms with van der Waals surface area (Å²) in [5, 5.41) is 2.45. The summed E-state index contributed by atoms with van der Waals surface area (Å²) >= 11 is 4.81. The summed E-state index contributed by atoms with van der Waals surface area (Å²) in [7, 11) is 0. The first kappa shape index (κ1) is 15.6. The molecule has 0 amide bonds. The van der Waals surface area contributed by atoms with E-state index >= 15 is 0 Å². The van der Waals surface area contributed by atoms with E-state index in [-0.39, 0.29) is 12.1 Å². The van der Waals surface area contributed by atoms with E-state index in [0.29, 0.717) is 10.6 Å². The zero-order valence-corrected chi connectivity index (χ0v) is 14.6. The number of carbonyl (C=O) groups is 1. The summed E-state index contributed by atoms with van der Waals surface area (Å²) in [5.74, 6) is -0.288. The summed E-state index contributed by atoms with van der Waals surface area (Å²) in [6, 6.07) is 7.87. The number of nitrogens with two attached hydrogens (primary N) is 1. The van der Waals surface area contributed by atoms with Crippen molar-refractivity contribution in [2.24, 2.45) is 0 Å². The van der Waals surface area contributed by atoms with Gasteiger partial charge in [-0.25, -0.2) is 4.79 Å². The number of ether oxygens (including phenoxy) is 1. The highest BCUT2D eigenvalue weighted by Gasteiger charge is 2.24. The van der Waals surface area contributed by atoms with Crippen LogP contribution in [-0.2, 0) is 4.74 Å². The van der Waals surface area contributed by atoms with Crippen molar-refractivity contribution in [1.29, 1.82) is 0 Å². The summed E-state index contributed by atoms with van der Waals surface area (Å²) in [6.07, 6.45) is 5.47. The molecule has 1 aliphatic rings. The first-order chi connectivity index (χ1) is 10.6. The number of benzene rings is 1. The molecule has 0 radical (unpaired) electrons. The molecule has 1 aromatic carbocycles. The van der Waals surface area contributed by atoms with Gasteiger partial charge in [0.2, 0.25) is 0 Å². The highest BCUT2D eigenvalue weighted by Crippen LogP contribution is 2.35. The van der Waals surface area contributed by atoms with Gasteiger partial charge in [0.25, 0.3) is 0 Å². The molecule has 0 spiro atoms. The molecule has 1 heterocycles. The van der Waals surface area contributed by atoms with Crippen LogP contribution in [0.5, 0.6) is 0 Å². The predicted octanol–water partition coefficient (Wildman–Crippen LogP) is 5.25. The highest BCUT2D eigenvalue weighted by molar-refractivity contribution is 9.10. The van der Waals surface area contributed by atoms with Gasteiger partial charge >= 0.3 is 5.97 Å². The van der Waals surface area contributed by atoms with Gasteiger partial charge in [0, 0.05) is 15.4 Å². The SMILES string of the molecule is Nc1scc(-c2ccc(Br)cc2)c1C(=O)OC1CCCCC1. The van der Waals surface area contributed by atoms with Gasteiger partial charge < -0.3 is 10.5 Å². The Labute approximate surface area is 142 Å². The fraction of sp³-hybridized carbons (Fsp3) is 0.353. The Balaban J connectivity index is 1.85. The maximum absolute atomic E-state index is 12.6. The molecular formula is C17H18BrNO2S. The molecular weight excluding hydrogens is 362 g/mol. The second-order valence-corrected chi connectivity index (χ2v) is 7.39.